The lowest BCUT2D eigenvalue weighted by molar-refractivity contribution is 0.228. The zero-order valence-electron chi connectivity index (χ0n) is 19.0. The van der Waals surface area contributed by atoms with Crippen LogP contribution >= 0.6 is 31.9 Å². The Morgan fingerprint density at radius 2 is 1.91 bits per heavy atom. The van der Waals surface area contributed by atoms with Crippen LogP contribution in [-0.4, -0.2) is 29.1 Å². The Kier molecular flexibility index (Phi) is 7.54. The van der Waals surface area contributed by atoms with E-state index in [1.165, 1.54) is 11.1 Å². The highest BCUT2D eigenvalue weighted by Crippen LogP contribution is 2.37. The molecule has 33 heavy (non-hydrogen) atoms. The summed E-state index contributed by atoms with van der Waals surface area (Å²) in [6.07, 6.45) is 7.23. The first kappa shape index (κ1) is 24.0. The topological polar surface area (TPSA) is 65.7 Å². The third-order valence-corrected chi connectivity index (χ3v) is 6.81. The van der Waals surface area contributed by atoms with Gasteiger partial charge >= 0.3 is 0 Å². The van der Waals surface area contributed by atoms with Crippen molar-refractivity contribution in [3.8, 4) is 11.5 Å². The molecule has 0 saturated heterocycles. The van der Waals surface area contributed by atoms with Gasteiger partial charge in [-0.1, -0.05) is 35.2 Å². The highest BCUT2D eigenvalue weighted by atomic mass is 79.9. The van der Waals surface area contributed by atoms with E-state index in [-0.39, 0.29) is 17.6 Å². The molecule has 6 nitrogen and oxygen atoms in total. The van der Waals surface area contributed by atoms with E-state index in [9.17, 15) is 4.79 Å². The van der Waals surface area contributed by atoms with Crippen molar-refractivity contribution in [2.75, 3.05) is 7.11 Å². The molecule has 4 rings (SSSR count). The molecule has 0 N–H and O–H groups in total. The molecule has 0 radical (unpaired) electrons. The summed E-state index contributed by atoms with van der Waals surface area (Å²) in [6, 6.07) is 9.36. The molecule has 1 saturated carbocycles. The van der Waals surface area contributed by atoms with E-state index in [2.05, 4.69) is 37.0 Å². The summed E-state index contributed by atoms with van der Waals surface area (Å²) in [6.45, 7) is 3.93. The van der Waals surface area contributed by atoms with Gasteiger partial charge in [-0.15, -0.1) is 0 Å². The first-order valence-electron chi connectivity index (χ1n) is 11.2. The molecule has 1 aromatic heterocycles. The van der Waals surface area contributed by atoms with Crippen LogP contribution in [0.15, 0.2) is 49.2 Å². The second-order valence-electron chi connectivity index (χ2n) is 8.53. The van der Waals surface area contributed by atoms with Gasteiger partial charge in [-0.3, -0.25) is 4.79 Å². The molecular formula is C25H27Br2N3O3. The Bertz CT molecular complexity index is 1250. The molecule has 1 heterocycles. The minimum Gasteiger partial charge on any atom is -0.493 e. The van der Waals surface area contributed by atoms with Gasteiger partial charge < -0.3 is 9.47 Å². The summed E-state index contributed by atoms with van der Waals surface area (Å²) in [5.74, 6) is 2.19. The van der Waals surface area contributed by atoms with Crippen molar-refractivity contribution in [2.24, 2.45) is 5.10 Å². The predicted molar refractivity (Wildman–Crippen MR) is 139 cm³/mol. The van der Waals surface area contributed by atoms with Crippen molar-refractivity contribution in [1.29, 1.82) is 0 Å². The van der Waals surface area contributed by atoms with E-state index < -0.39 is 0 Å². The number of hydrogen-bond donors (Lipinski definition) is 0. The Labute approximate surface area is 210 Å². The van der Waals surface area contributed by atoms with Crippen molar-refractivity contribution < 1.29 is 9.47 Å². The van der Waals surface area contributed by atoms with Crippen molar-refractivity contribution in [3.63, 3.8) is 0 Å². The number of rotatable bonds is 6. The molecule has 0 aliphatic heterocycles. The lowest BCUT2D eigenvalue weighted by Gasteiger charge is -2.22. The van der Waals surface area contributed by atoms with Crippen molar-refractivity contribution in [1.82, 2.24) is 9.66 Å². The molecule has 8 heteroatoms. The lowest BCUT2D eigenvalue weighted by Crippen LogP contribution is -2.25. The normalized spacial score (nSPS) is 15.0. The molecule has 0 atom stereocenters. The van der Waals surface area contributed by atoms with E-state index in [1.807, 2.05) is 38.1 Å². The second-order valence-corrected chi connectivity index (χ2v) is 10.3. The number of hydrogen-bond acceptors (Lipinski definition) is 5. The average Bonchev–Trinajstić information content (AvgIpc) is 2.80. The molecule has 0 bridgehead atoms. The summed E-state index contributed by atoms with van der Waals surface area (Å²) in [5, 5.41) is 5.16. The van der Waals surface area contributed by atoms with Gasteiger partial charge in [0.15, 0.2) is 11.5 Å². The van der Waals surface area contributed by atoms with Crippen LogP contribution in [0.25, 0.3) is 10.9 Å². The fraction of sp³-hybridized carbons (Fsp3) is 0.400. The molecule has 1 aliphatic rings. The summed E-state index contributed by atoms with van der Waals surface area (Å²) < 4.78 is 14.5. The van der Waals surface area contributed by atoms with Gasteiger partial charge in [0.1, 0.15) is 5.82 Å². The minimum absolute atomic E-state index is 0.00865. The minimum atomic E-state index is -0.163. The number of ether oxygens (including phenoxy) is 2. The fourth-order valence-electron chi connectivity index (χ4n) is 4.19. The maximum absolute atomic E-state index is 13.5. The molecule has 3 aromatic rings. The molecule has 1 aliphatic carbocycles. The van der Waals surface area contributed by atoms with E-state index in [4.69, 9.17) is 14.5 Å². The zero-order chi connectivity index (χ0) is 23.5. The molecular weight excluding hydrogens is 550 g/mol. The summed E-state index contributed by atoms with van der Waals surface area (Å²) in [7, 11) is 1.60. The number of benzene rings is 2. The maximum Gasteiger partial charge on any atom is 0.282 e. The number of aromatic nitrogens is 2. The van der Waals surface area contributed by atoms with Crippen LogP contribution in [0, 0.1) is 0 Å². The summed E-state index contributed by atoms with van der Waals surface area (Å²) in [5.41, 5.74) is 1.32. The summed E-state index contributed by atoms with van der Waals surface area (Å²) >= 11 is 7.04. The van der Waals surface area contributed by atoms with Gasteiger partial charge in [0, 0.05) is 10.4 Å². The van der Waals surface area contributed by atoms with E-state index in [0.717, 1.165) is 46.0 Å². The van der Waals surface area contributed by atoms with Crippen molar-refractivity contribution in [2.45, 2.75) is 58.0 Å². The molecule has 0 spiro atoms. The number of fused-ring (bicyclic) bond motifs is 1. The Morgan fingerprint density at radius 1 is 1.15 bits per heavy atom. The van der Waals surface area contributed by atoms with Crippen LogP contribution in [0.5, 0.6) is 11.5 Å². The fourth-order valence-corrected chi connectivity index (χ4v) is 5.11. The highest BCUT2D eigenvalue weighted by Gasteiger charge is 2.22. The van der Waals surface area contributed by atoms with Gasteiger partial charge in [0.05, 0.1) is 34.8 Å². The molecule has 0 amide bonds. The number of nitrogens with zero attached hydrogens (tertiary/aromatic N) is 3. The van der Waals surface area contributed by atoms with E-state index in [0.29, 0.717) is 22.4 Å². The molecule has 1 fully saturated rings. The van der Waals surface area contributed by atoms with Gasteiger partial charge in [0.25, 0.3) is 5.56 Å². The lowest BCUT2D eigenvalue weighted by atomic mass is 9.88. The first-order chi connectivity index (χ1) is 15.9. The van der Waals surface area contributed by atoms with Crippen molar-refractivity contribution >= 4 is 49.0 Å². The van der Waals surface area contributed by atoms with Crippen LogP contribution in [-0.2, 0) is 0 Å². The Hall–Kier alpha value is -2.19. The second kappa shape index (κ2) is 10.4. The summed E-state index contributed by atoms with van der Waals surface area (Å²) in [4.78, 5) is 18.4. The van der Waals surface area contributed by atoms with Crippen LogP contribution in [0.4, 0.5) is 0 Å². The number of methoxy groups -OCH3 is 1. The van der Waals surface area contributed by atoms with Crippen LogP contribution in [0.2, 0.25) is 0 Å². The molecule has 174 valence electrons. The van der Waals surface area contributed by atoms with Gasteiger partial charge in [-0.05, 0) is 78.5 Å². The average molecular weight is 577 g/mol. The van der Waals surface area contributed by atoms with Crippen LogP contribution in [0.1, 0.15) is 63.3 Å². The van der Waals surface area contributed by atoms with Gasteiger partial charge in [-0.2, -0.15) is 9.78 Å². The molecule has 0 unspecified atom stereocenters. The zero-order valence-corrected chi connectivity index (χ0v) is 22.1. The monoisotopic (exact) mass is 575 g/mol. The van der Waals surface area contributed by atoms with Crippen LogP contribution in [0.3, 0.4) is 0 Å². The van der Waals surface area contributed by atoms with Gasteiger partial charge in [-0.25, -0.2) is 4.98 Å². The standard InChI is InChI=1S/C25H27Br2N3O3/c1-15(2)33-23-20(27)11-16(12-22(23)32-3)14-28-30-24(17-7-5-4-6-8-17)29-21-10-9-18(26)13-19(21)25(30)31/h9-15,17H,4-8H2,1-3H3. The maximum atomic E-state index is 13.5. The van der Waals surface area contributed by atoms with Crippen molar-refractivity contribution in [3.05, 3.63) is 61.0 Å². The SMILES string of the molecule is COc1cc(C=Nn2c(C3CCCCC3)nc3ccc(Br)cc3c2=O)cc(Br)c1OC(C)C. The van der Waals surface area contributed by atoms with E-state index >= 15 is 0 Å². The number of halogens is 2. The quantitative estimate of drug-likeness (QED) is 0.308. The third kappa shape index (κ3) is 5.32. The largest absolute Gasteiger partial charge is 0.493 e. The van der Waals surface area contributed by atoms with Crippen LogP contribution < -0.4 is 15.0 Å². The highest BCUT2D eigenvalue weighted by molar-refractivity contribution is 9.10. The van der Waals surface area contributed by atoms with E-state index in [1.54, 1.807) is 19.4 Å². The molecule has 2 aromatic carbocycles. The Morgan fingerprint density at radius 3 is 2.61 bits per heavy atom. The predicted octanol–water partition coefficient (Wildman–Crippen LogP) is 6.65. The first-order valence-corrected chi connectivity index (χ1v) is 12.8. The Balaban J connectivity index is 1.81. The smallest absolute Gasteiger partial charge is 0.282 e. The third-order valence-electron chi connectivity index (χ3n) is 5.73. The van der Waals surface area contributed by atoms with Gasteiger partial charge in [0.2, 0.25) is 0 Å².